The number of pyridine rings is 1. The van der Waals surface area contributed by atoms with Crippen molar-refractivity contribution < 1.29 is 13.3 Å². The van der Waals surface area contributed by atoms with E-state index in [1.165, 1.54) is 33.4 Å². The highest BCUT2D eigenvalue weighted by Crippen LogP contribution is 2.67. The lowest BCUT2D eigenvalue weighted by Crippen LogP contribution is -2.26. The summed E-state index contributed by atoms with van der Waals surface area (Å²) in [6, 6.07) is 80.4. The van der Waals surface area contributed by atoms with E-state index in [0.717, 1.165) is 122 Å². The first kappa shape index (κ1) is 37.8. The van der Waals surface area contributed by atoms with Crippen molar-refractivity contribution >= 4 is 65.8 Å². The highest BCUT2D eigenvalue weighted by molar-refractivity contribution is 6.24. The van der Waals surface area contributed by atoms with E-state index in [2.05, 4.69) is 212 Å². The van der Waals surface area contributed by atoms with Crippen molar-refractivity contribution in [2.45, 2.75) is 5.41 Å². The van der Waals surface area contributed by atoms with Crippen molar-refractivity contribution in [3.8, 4) is 67.0 Å². The van der Waals surface area contributed by atoms with Crippen LogP contribution in [-0.2, 0) is 5.41 Å². The first-order valence-electron chi connectivity index (χ1n) is 23.9. The van der Waals surface area contributed by atoms with Crippen molar-refractivity contribution in [3.05, 3.63) is 247 Å². The molecular formula is C66H37NO3. The molecule has 0 saturated carbocycles. The van der Waals surface area contributed by atoms with Crippen molar-refractivity contribution in [2.75, 3.05) is 0 Å². The van der Waals surface area contributed by atoms with Crippen molar-refractivity contribution in [3.63, 3.8) is 0 Å². The van der Waals surface area contributed by atoms with Crippen LogP contribution < -0.4 is 0 Å². The summed E-state index contributed by atoms with van der Waals surface area (Å²) in [4.78, 5) is 5.18. The van der Waals surface area contributed by atoms with Crippen LogP contribution in [0.4, 0.5) is 0 Å². The van der Waals surface area contributed by atoms with Crippen LogP contribution >= 0.6 is 0 Å². The summed E-state index contributed by atoms with van der Waals surface area (Å²) < 4.78 is 20.9. The molecule has 4 aromatic heterocycles. The number of hydrogen-bond acceptors (Lipinski definition) is 4. The molecule has 4 nitrogen and oxygen atoms in total. The maximum Gasteiger partial charge on any atom is 0.144 e. The molecular weight excluding hydrogens is 855 g/mol. The zero-order chi connectivity index (χ0) is 45.7. The molecule has 0 radical (unpaired) electrons. The molecule has 4 heterocycles. The molecule has 324 valence electrons. The fourth-order valence-corrected chi connectivity index (χ4v) is 12.4. The minimum absolute atomic E-state index is 0.725. The summed E-state index contributed by atoms with van der Waals surface area (Å²) in [5.74, 6) is 0. The molecule has 1 atom stereocenters. The van der Waals surface area contributed by atoms with Gasteiger partial charge in [-0.1, -0.05) is 182 Å². The summed E-state index contributed by atoms with van der Waals surface area (Å²) in [6.07, 6.45) is 0. The Bertz CT molecular complexity index is 4460. The van der Waals surface area contributed by atoms with Crippen LogP contribution in [0.15, 0.2) is 238 Å². The Morgan fingerprint density at radius 2 is 0.829 bits per heavy atom. The summed E-state index contributed by atoms with van der Waals surface area (Å²) in [7, 11) is 0. The third-order valence-electron chi connectivity index (χ3n) is 15.3. The monoisotopic (exact) mass is 891 g/mol. The fraction of sp³-hybridized carbons (Fsp3) is 0.0152. The standard InChI is InChI=1S/C66H37NO3/c1-3-15-40(16-4-1)53-35-42(36-54(67-53)41-17-5-2-6-18-41)38-27-29-39(30-28-38)48-37-52-63(65-59(48)46-21-9-14-26-57(46)70-65)62-51(32-31-44-43-19-8-12-24-55(43)69-64(44)62)66(52)49-23-11-7-20-45(49)60-50(66)33-34-58-61(60)47-22-10-13-25-56(47)68-58/h1-37H. The second kappa shape index (κ2) is 13.9. The van der Waals surface area contributed by atoms with Crippen molar-refractivity contribution in [1.29, 1.82) is 0 Å². The summed E-state index contributed by atoms with van der Waals surface area (Å²) in [5.41, 5.74) is 22.3. The van der Waals surface area contributed by atoms with Crippen LogP contribution in [-0.4, -0.2) is 4.98 Å². The number of fused-ring (bicyclic) bond motifs is 22. The number of furan rings is 3. The zero-order valence-corrected chi connectivity index (χ0v) is 37.5. The van der Waals surface area contributed by atoms with E-state index in [-0.39, 0.29) is 0 Å². The van der Waals surface area contributed by atoms with Gasteiger partial charge < -0.3 is 13.3 Å². The van der Waals surface area contributed by atoms with Crippen molar-refractivity contribution in [2.24, 2.45) is 0 Å². The highest BCUT2D eigenvalue weighted by atomic mass is 16.3. The van der Waals surface area contributed by atoms with Gasteiger partial charge in [0.1, 0.15) is 33.5 Å². The number of benzene rings is 10. The Balaban J connectivity index is 1.000. The van der Waals surface area contributed by atoms with Gasteiger partial charge in [0.15, 0.2) is 0 Å². The molecule has 0 amide bonds. The predicted molar refractivity (Wildman–Crippen MR) is 284 cm³/mol. The predicted octanol–water partition coefficient (Wildman–Crippen LogP) is 17.8. The van der Waals surface area contributed by atoms with Crippen LogP contribution in [0, 0.1) is 0 Å². The Labute approximate surface area is 401 Å². The third-order valence-corrected chi connectivity index (χ3v) is 15.3. The van der Waals surface area contributed by atoms with Gasteiger partial charge >= 0.3 is 0 Å². The molecule has 1 unspecified atom stereocenters. The molecule has 0 bridgehead atoms. The lowest BCUT2D eigenvalue weighted by Gasteiger charge is -2.30. The van der Waals surface area contributed by atoms with Gasteiger partial charge in [0.25, 0.3) is 0 Å². The van der Waals surface area contributed by atoms with E-state index in [1.54, 1.807) is 0 Å². The first-order chi connectivity index (χ1) is 34.7. The second-order valence-corrected chi connectivity index (χ2v) is 18.8. The number of rotatable bonds is 4. The average molecular weight is 892 g/mol. The van der Waals surface area contributed by atoms with Gasteiger partial charge in [-0.25, -0.2) is 4.98 Å². The third kappa shape index (κ3) is 4.96. The molecule has 70 heavy (non-hydrogen) atoms. The zero-order valence-electron chi connectivity index (χ0n) is 37.5. The van der Waals surface area contributed by atoms with E-state index < -0.39 is 5.41 Å². The molecule has 4 heteroatoms. The van der Waals surface area contributed by atoms with Gasteiger partial charge in [-0.15, -0.1) is 0 Å². The van der Waals surface area contributed by atoms with Gasteiger partial charge in [0.2, 0.25) is 0 Å². The van der Waals surface area contributed by atoms with Gasteiger partial charge in [-0.2, -0.15) is 0 Å². The van der Waals surface area contributed by atoms with Gasteiger partial charge in [0, 0.05) is 54.6 Å². The van der Waals surface area contributed by atoms with Crippen LogP contribution in [0.2, 0.25) is 0 Å². The van der Waals surface area contributed by atoms with E-state index >= 15 is 0 Å². The first-order valence-corrected chi connectivity index (χ1v) is 23.9. The van der Waals surface area contributed by atoms with Crippen LogP contribution in [0.5, 0.6) is 0 Å². The molecule has 1 spiro atoms. The number of nitrogens with zero attached hydrogens (tertiary/aromatic N) is 1. The van der Waals surface area contributed by atoms with Crippen LogP contribution in [0.25, 0.3) is 133 Å². The Morgan fingerprint density at radius 1 is 0.286 bits per heavy atom. The molecule has 14 aromatic rings. The molecule has 2 aliphatic rings. The molecule has 0 aliphatic heterocycles. The normalized spacial score (nSPS) is 14.6. The van der Waals surface area contributed by atoms with E-state index in [4.69, 9.17) is 18.2 Å². The Kier molecular flexibility index (Phi) is 7.51. The lowest BCUT2D eigenvalue weighted by atomic mass is 9.70. The average Bonchev–Trinajstić information content (AvgIpc) is 4.24. The van der Waals surface area contributed by atoms with Gasteiger partial charge in [-0.05, 0) is 98.1 Å². The largest absolute Gasteiger partial charge is 0.456 e. The van der Waals surface area contributed by atoms with Gasteiger partial charge in [0.05, 0.1) is 16.8 Å². The number of hydrogen-bond donors (Lipinski definition) is 0. The number of aromatic nitrogens is 1. The lowest BCUT2D eigenvalue weighted by molar-refractivity contribution is 0.665. The van der Waals surface area contributed by atoms with E-state index in [1.807, 2.05) is 12.1 Å². The molecule has 0 saturated heterocycles. The minimum Gasteiger partial charge on any atom is -0.456 e. The molecule has 0 fully saturated rings. The SMILES string of the molecule is c1ccc(-c2cc(-c3ccc(-c4cc5c(c6oc7ccccc7c46)-c4c(ccc6c4oc4ccccc46)C54c5ccccc5-c5c4ccc4oc6ccccc6c54)cc3)cc(-c3ccccc3)n2)cc1. The quantitative estimate of drug-likeness (QED) is 0.177. The van der Waals surface area contributed by atoms with Crippen LogP contribution in [0.1, 0.15) is 22.3 Å². The van der Waals surface area contributed by atoms with E-state index in [9.17, 15) is 0 Å². The maximum atomic E-state index is 7.27. The van der Waals surface area contributed by atoms with E-state index in [0.29, 0.717) is 0 Å². The second-order valence-electron chi connectivity index (χ2n) is 18.8. The van der Waals surface area contributed by atoms with Crippen molar-refractivity contribution in [1.82, 2.24) is 4.98 Å². The molecule has 10 aromatic carbocycles. The molecule has 16 rings (SSSR count). The number of para-hydroxylation sites is 3. The smallest absolute Gasteiger partial charge is 0.144 e. The summed E-state index contributed by atoms with van der Waals surface area (Å²) >= 11 is 0. The maximum absolute atomic E-state index is 7.27. The Hall–Kier alpha value is -9.25. The van der Waals surface area contributed by atoms with Crippen LogP contribution in [0.3, 0.4) is 0 Å². The van der Waals surface area contributed by atoms with Gasteiger partial charge in [-0.3, -0.25) is 0 Å². The highest BCUT2D eigenvalue weighted by Gasteiger charge is 2.54. The Morgan fingerprint density at radius 3 is 1.56 bits per heavy atom. The topological polar surface area (TPSA) is 52.3 Å². The molecule has 2 aliphatic carbocycles. The summed E-state index contributed by atoms with van der Waals surface area (Å²) in [6.45, 7) is 0. The summed E-state index contributed by atoms with van der Waals surface area (Å²) in [5, 5.41) is 6.60. The minimum atomic E-state index is -0.725. The fourth-order valence-electron chi connectivity index (χ4n) is 12.4. The molecule has 0 N–H and O–H groups in total.